The molecule has 1 amide bonds. The average molecular weight is 483 g/mol. The van der Waals surface area contributed by atoms with Gasteiger partial charge in [0, 0.05) is 38.1 Å². The summed E-state index contributed by atoms with van der Waals surface area (Å²) in [6.45, 7) is 0.283. The maximum absolute atomic E-state index is 13.5. The molecule has 1 atom stereocenters. The second-order valence-corrected chi connectivity index (χ2v) is 8.03. The Morgan fingerprint density at radius 2 is 2.09 bits per heavy atom. The second-order valence-electron chi connectivity index (χ2n) is 8.03. The van der Waals surface area contributed by atoms with Crippen molar-refractivity contribution in [3.63, 3.8) is 0 Å². The number of aryl methyl sites for hydroxylation is 1. The van der Waals surface area contributed by atoms with Crippen LogP contribution in [0, 0.1) is 0 Å². The van der Waals surface area contributed by atoms with Crippen LogP contribution in [0.3, 0.4) is 0 Å². The van der Waals surface area contributed by atoms with Crippen molar-refractivity contribution in [2.24, 2.45) is 7.05 Å². The minimum absolute atomic E-state index is 0.283. The van der Waals surface area contributed by atoms with E-state index in [0.29, 0.717) is 17.8 Å². The average Bonchev–Trinajstić information content (AvgIpc) is 3.61. The topological polar surface area (TPSA) is 123 Å². The normalized spacial score (nSPS) is 16.1. The molecule has 11 nitrogen and oxygen atoms in total. The molecule has 1 N–H and O–H groups in total. The van der Waals surface area contributed by atoms with Crippen LogP contribution in [0.4, 0.5) is 13.2 Å². The molecule has 5 aromatic heterocycles. The first-order valence-corrected chi connectivity index (χ1v) is 10.5. The molecule has 0 fully saturated rings. The number of imidazole rings is 1. The lowest BCUT2D eigenvalue weighted by Crippen LogP contribution is -2.41. The molecule has 0 saturated heterocycles. The van der Waals surface area contributed by atoms with Gasteiger partial charge in [0.05, 0.1) is 28.8 Å². The fraction of sp³-hybridized carbons (Fsp3) is 0.238. The van der Waals surface area contributed by atoms with Crippen LogP contribution in [0.1, 0.15) is 39.5 Å². The second kappa shape index (κ2) is 7.51. The molecule has 6 rings (SSSR count). The fourth-order valence-corrected chi connectivity index (χ4v) is 4.28. The van der Waals surface area contributed by atoms with Gasteiger partial charge in [-0.05, 0) is 18.2 Å². The Hall–Kier alpha value is -4.49. The van der Waals surface area contributed by atoms with E-state index in [1.807, 2.05) is 24.3 Å². The third kappa shape index (κ3) is 3.45. The highest BCUT2D eigenvalue weighted by Gasteiger charge is 2.41. The molecule has 0 aliphatic carbocycles. The van der Waals surface area contributed by atoms with E-state index in [1.165, 1.54) is 11.9 Å². The van der Waals surface area contributed by atoms with Gasteiger partial charge in [-0.15, -0.1) is 10.2 Å². The number of aromatic nitrogens is 8. The van der Waals surface area contributed by atoms with Crippen molar-refractivity contribution in [1.29, 1.82) is 0 Å². The monoisotopic (exact) mass is 483 g/mol. The van der Waals surface area contributed by atoms with Crippen LogP contribution in [-0.4, -0.2) is 56.9 Å². The van der Waals surface area contributed by atoms with Crippen LogP contribution in [0.25, 0.3) is 17.0 Å². The summed E-state index contributed by atoms with van der Waals surface area (Å²) in [7, 11) is 1.34. The molecule has 1 unspecified atom stereocenters. The number of hydrogen-bond acceptors (Lipinski definition) is 7. The van der Waals surface area contributed by atoms with Crippen molar-refractivity contribution >= 4 is 11.4 Å². The molecule has 0 bridgehead atoms. The van der Waals surface area contributed by atoms with Gasteiger partial charge in [0.1, 0.15) is 6.04 Å². The van der Waals surface area contributed by atoms with Gasteiger partial charge in [-0.3, -0.25) is 9.48 Å². The number of aromatic amines is 1. The molecule has 0 aromatic carbocycles. The third-order valence-corrected chi connectivity index (χ3v) is 5.79. The Morgan fingerprint density at radius 1 is 1.23 bits per heavy atom. The van der Waals surface area contributed by atoms with Gasteiger partial charge in [-0.25, -0.2) is 9.50 Å². The van der Waals surface area contributed by atoms with Gasteiger partial charge >= 0.3 is 18.0 Å². The number of pyridine rings is 1. The lowest BCUT2D eigenvalue weighted by atomic mass is 9.99. The first-order chi connectivity index (χ1) is 16.8. The summed E-state index contributed by atoms with van der Waals surface area (Å²) in [5.74, 6) is -1.53. The number of rotatable bonds is 3. The number of carbonyl (C=O) groups is 1. The van der Waals surface area contributed by atoms with Gasteiger partial charge in [0.2, 0.25) is 0 Å². The number of H-pyrrole nitrogens is 1. The van der Waals surface area contributed by atoms with Gasteiger partial charge in [0.15, 0.2) is 5.69 Å². The molecule has 35 heavy (non-hydrogen) atoms. The zero-order chi connectivity index (χ0) is 24.3. The highest BCUT2D eigenvalue weighted by Crippen LogP contribution is 2.37. The molecule has 5 aromatic rings. The van der Waals surface area contributed by atoms with Crippen LogP contribution < -0.4 is 0 Å². The van der Waals surface area contributed by atoms with Crippen molar-refractivity contribution in [2.45, 2.75) is 18.6 Å². The maximum Gasteiger partial charge on any atom is 0.435 e. The number of halogens is 3. The van der Waals surface area contributed by atoms with E-state index >= 15 is 0 Å². The number of nitrogens with zero attached hydrogens (tertiary/aromatic N) is 8. The Kier molecular flexibility index (Phi) is 4.52. The number of fused-ring (bicyclic) bond motifs is 2. The summed E-state index contributed by atoms with van der Waals surface area (Å²) in [5.41, 5.74) is 1.31. The van der Waals surface area contributed by atoms with Crippen LogP contribution >= 0.6 is 0 Å². The molecular formula is C21H16F3N9O2. The number of nitrogens with one attached hydrogen (secondary N) is 1. The molecule has 6 heterocycles. The van der Waals surface area contributed by atoms with E-state index in [9.17, 15) is 18.0 Å². The number of alkyl halides is 3. The van der Waals surface area contributed by atoms with Crippen molar-refractivity contribution in [2.75, 3.05) is 6.54 Å². The largest absolute Gasteiger partial charge is 0.435 e. The minimum Gasteiger partial charge on any atom is -0.412 e. The molecule has 14 heteroatoms. The summed E-state index contributed by atoms with van der Waals surface area (Å²) in [6.07, 6.45) is 0.212. The molecule has 1 aliphatic heterocycles. The van der Waals surface area contributed by atoms with Crippen molar-refractivity contribution in [1.82, 2.24) is 44.5 Å². The van der Waals surface area contributed by atoms with E-state index in [1.54, 1.807) is 17.0 Å². The van der Waals surface area contributed by atoms with Crippen molar-refractivity contribution < 1.29 is 22.4 Å². The third-order valence-electron chi connectivity index (χ3n) is 5.79. The Labute approximate surface area is 194 Å². The lowest BCUT2D eigenvalue weighted by Gasteiger charge is -2.32. The quantitative estimate of drug-likeness (QED) is 0.419. The summed E-state index contributed by atoms with van der Waals surface area (Å²) < 4.78 is 48.2. The highest BCUT2D eigenvalue weighted by atomic mass is 19.4. The Bertz CT molecular complexity index is 1530. The zero-order valence-electron chi connectivity index (χ0n) is 18.1. The first kappa shape index (κ1) is 21.1. The van der Waals surface area contributed by atoms with E-state index in [-0.39, 0.29) is 6.54 Å². The summed E-state index contributed by atoms with van der Waals surface area (Å²) in [6, 6.07) is 6.78. The SMILES string of the molecule is Cn1cc(-c2nnc(C(=O)N3CCc4[nH]cnc4C3c3cc4ccccn4n3)o2)c(C(F)(F)F)n1. The Balaban J connectivity index is 1.39. The van der Waals surface area contributed by atoms with E-state index in [4.69, 9.17) is 4.42 Å². The van der Waals surface area contributed by atoms with Crippen molar-refractivity contribution in [3.05, 3.63) is 71.7 Å². The van der Waals surface area contributed by atoms with E-state index in [2.05, 4.69) is 30.4 Å². The highest BCUT2D eigenvalue weighted by molar-refractivity contribution is 5.90. The predicted octanol–water partition coefficient (Wildman–Crippen LogP) is 2.65. The van der Waals surface area contributed by atoms with Gasteiger partial charge < -0.3 is 14.3 Å². The maximum atomic E-state index is 13.5. The van der Waals surface area contributed by atoms with Gasteiger partial charge in [0.25, 0.3) is 5.89 Å². The fourth-order valence-electron chi connectivity index (χ4n) is 4.28. The standard InChI is InChI=1S/C21H16F3N9O2/c1-31-9-12(17(30-31)21(22,23)24)18-27-28-19(35-18)20(34)32-7-5-13-15(26-10-25-13)16(32)14-8-11-4-2-3-6-33(11)29-14/h2-4,6,8-10,16H,5,7H2,1H3,(H,25,26). The lowest BCUT2D eigenvalue weighted by molar-refractivity contribution is -0.141. The van der Waals surface area contributed by atoms with Gasteiger partial charge in [-0.2, -0.15) is 23.4 Å². The first-order valence-electron chi connectivity index (χ1n) is 10.5. The van der Waals surface area contributed by atoms with Crippen LogP contribution in [0.5, 0.6) is 0 Å². The van der Waals surface area contributed by atoms with E-state index in [0.717, 1.165) is 22.1 Å². The molecule has 0 saturated carbocycles. The summed E-state index contributed by atoms with van der Waals surface area (Å²) >= 11 is 0. The number of carbonyl (C=O) groups excluding carboxylic acids is 1. The Morgan fingerprint density at radius 3 is 2.89 bits per heavy atom. The van der Waals surface area contributed by atoms with Crippen LogP contribution in [0.15, 0.2) is 47.4 Å². The molecule has 1 aliphatic rings. The van der Waals surface area contributed by atoms with Gasteiger partial charge in [-0.1, -0.05) is 6.07 Å². The predicted molar refractivity (Wildman–Crippen MR) is 112 cm³/mol. The van der Waals surface area contributed by atoms with Crippen LogP contribution in [-0.2, 0) is 19.6 Å². The number of amides is 1. The van der Waals surface area contributed by atoms with Crippen molar-refractivity contribution in [3.8, 4) is 11.5 Å². The zero-order valence-corrected chi connectivity index (χ0v) is 18.1. The minimum atomic E-state index is -4.73. The summed E-state index contributed by atoms with van der Waals surface area (Å²) in [4.78, 5) is 22.5. The van der Waals surface area contributed by atoms with Crippen LogP contribution in [0.2, 0.25) is 0 Å². The molecular weight excluding hydrogens is 467 g/mol. The molecule has 178 valence electrons. The summed E-state index contributed by atoms with van der Waals surface area (Å²) in [5, 5.41) is 15.5. The van der Waals surface area contributed by atoms with E-state index < -0.39 is 41.2 Å². The number of hydrogen-bond donors (Lipinski definition) is 1. The smallest absolute Gasteiger partial charge is 0.412 e. The molecule has 0 radical (unpaired) electrons. The molecule has 0 spiro atoms.